The van der Waals surface area contributed by atoms with E-state index in [0.717, 1.165) is 12.8 Å². The topological polar surface area (TPSA) is 92.4 Å². The molecule has 7 rings (SSSR count). The van der Waals surface area contributed by atoms with Crippen LogP contribution in [0, 0.1) is 13.8 Å². The van der Waals surface area contributed by atoms with Gasteiger partial charge in [-0.05, 0) is 49.9 Å². The van der Waals surface area contributed by atoms with Gasteiger partial charge in [-0.2, -0.15) is 23.1 Å². The number of rotatable bonds is 5. The van der Waals surface area contributed by atoms with Crippen LogP contribution in [0.2, 0.25) is 5.02 Å². The van der Waals surface area contributed by atoms with Gasteiger partial charge in [-0.15, -0.1) is 0 Å². The Labute approximate surface area is 256 Å². The monoisotopic (exact) mass is 637 g/mol. The van der Waals surface area contributed by atoms with Crippen LogP contribution in [0.1, 0.15) is 42.4 Å². The lowest BCUT2D eigenvalue weighted by atomic mass is 9.94. The molecule has 5 atom stereocenters. The molecule has 8 nitrogen and oxygen atoms in total. The normalized spacial score (nSPS) is 28.7. The van der Waals surface area contributed by atoms with E-state index >= 15 is 0 Å². The Morgan fingerprint density at radius 3 is 2.32 bits per heavy atom. The van der Waals surface area contributed by atoms with Crippen LogP contribution in [0.25, 0.3) is 22.2 Å². The van der Waals surface area contributed by atoms with E-state index in [1.54, 1.807) is 17.9 Å². The van der Waals surface area contributed by atoms with Crippen molar-refractivity contribution in [3.63, 3.8) is 0 Å². The molecule has 0 aliphatic carbocycles. The van der Waals surface area contributed by atoms with Crippen molar-refractivity contribution in [2.24, 2.45) is 0 Å². The van der Waals surface area contributed by atoms with Gasteiger partial charge >= 0.3 is 12.2 Å². The molecule has 236 valence electrons. The minimum atomic E-state index is -4.72. The number of alkyl halides is 5. The van der Waals surface area contributed by atoms with E-state index in [-0.39, 0.29) is 78.3 Å². The predicted octanol–water partition coefficient (Wildman–Crippen LogP) is 5.41. The molecule has 6 heterocycles. The highest BCUT2D eigenvalue weighted by atomic mass is 35.5. The van der Waals surface area contributed by atoms with Crippen molar-refractivity contribution in [3.05, 3.63) is 33.8 Å². The maximum absolute atomic E-state index is 14.4. The smallest absolute Gasteiger partial charge is 0.418 e. The second-order valence-electron chi connectivity index (χ2n) is 12.7. The van der Waals surface area contributed by atoms with Crippen molar-refractivity contribution in [2.75, 3.05) is 43.4 Å². The molecule has 4 aliphatic rings. The highest BCUT2D eigenvalue weighted by molar-refractivity contribution is 6.34. The second-order valence-corrected chi connectivity index (χ2v) is 13.1. The van der Waals surface area contributed by atoms with Gasteiger partial charge in [0, 0.05) is 62.1 Å². The summed E-state index contributed by atoms with van der Waals surface area (Å²) < 4.78 is 78.0. The van der Waals surface area contributed by atoms with Crippen LogP contribution in [-0.4, -0.2) is 82.6 Å². The van der Waals surface area contributed by atoms with Crippen LogP contribution in [0.5, 0.6) is 6.01 Å². The van der Waals surface area contributed by atoms with E-state index in [9.17, 15) is 22.0 Å². The number of nitrogens with zero attached hydrogens (tertiary/aromatic N) is 5. The van der Waals surface area contributed by atoms with Gasteiger partial charge in [-0.1, -0.05) is 11.6 Å². The first-order valence-electron chi connectivity index (χ1n) is 14.8. The van der Waals surface area contributed by atoms with E-state index in [4.69, 9.17) is 27.1 Å². The molecular formula is C30H33ClF5N7O. The molecule has 0 saturated carbocycles. The van der Waals surface area contributed by atoms with Gasteiger partial charge in [-0.25, -0.2) is 13.8 Å². The van der Waals surface area contributed by atoms with Gasteiger partial charge in [0.2, 0.25) is 0 Å². The third kappa shape index (κ3) is 5.00. The number of hydrogen-bond acceptors (Lipinski definition) is 8. The lowest BCUT2D eigenvalue weighted by Crippen LogP contribution is -2.51. The predicted molar refractivity (Wildman–Crippen MR) is 158 cm³/mol. The fraction of sp³-hybridized carbons (Fsp3) is 0.567. The molecule has 14 heteroatoms. The molecule has 1 aromatic carbocycles. The molecule has 4 unspecified atom stereocenters. The molecule has 3 aromatic rings. The number of benzene rings is 1. The van der Waals surface area contributed by atoms with E-state index in [1.165, 1.54) is 13.0 Å². The summed E-state index contributed by atoms with van der Waals surface area (Å²) in [5, 5.41) is 4.21. The fourth-order valence-electron chi connectivity index (χ4n) is 7.80. The molecule has 44 heavy (non-hydrogen) atoms. The van der Waals surface area contributed by atoms with Crippen molar-refractivity contribution in [2.45, 2.75) is 75.7 Å². The average molecular weight is 638 g/mol. The van der Waals surface area contributed by atoms with Gasteiger partial charge in [0.05, 0.1) is 27.3 Å². The minimum Gasteiger partial charge on any atom is -0.461 e. The van der Waals surface area contributed by atoms with Gasteiger partial charge in [0.1, 0.15) is 30.6 Å². The van der Waals surface area contributed by atoms with Gasteiger partial charge in [-0.3, -0.25) is 4.90 Å². The van der Waals surface area contributed by atoms with Crippen LogP contribution in [0.15, 0.2) is 12.1 Å². The zero-order valence-corrected chi connectivity index (χ0v) is 25.1. The molecule has 4 fully saturated rings. The molecule has 2 bridgehead atoms. The second kappa shape index (κ2) is 10.5. The summed E-state index contributed by atoms with van der Waals surface area (Å²) in [6.45, 7) is 4.58. The lowest BCUT2D eigenvalue weighted by Gasteiger charge is -2.35. The fourth-order valence-corrected chi connectivity index (χ4v) is 8.14. The molecule has 3 N–H and O–H groups in total. The summed E-state index contributed by atoms with van der Waals surface area (Å²) in [6.07, 6.45) is -4.55. The quantitative estimate of drug-likeness (QED) is 0.359. The maximum atomic E-state index is 14.4. The first kappa shape index (κ1) is 29.7. The summed E-state index contributed by atoms with van der Waals surface area (Å²) in [4.78, 5) is 17.5. The van der Waals surface area contributed by atoms with Crippen LogP contribution in [-0.2, 0) is 6.18 Å². The van der Waals surface area contributed by atoms with E-state index in [0.29, 0.717) is 35.4 Å². The van der Waals surface area contributed by atoms with Crippen LogP contribution in [0.3, 0.4) is 0 Å². The molecule has 0 radical (unpaired) electrons. The Balaban J connectivity index is 1.37. The number of halogens is 6. The first-order chi connectivity index (χ1) is 20.8. The van der Waals surface area contributed by atoms with Crippen molar-refractivity contribution in [1.82, 2.24) is 25.2 Å². The summed E-state index contributed by atoms with van der Waals surface area (Å²) in [7, 11) is 0. The summed E-state index contributed by atoms with van der Waals surface area (Å²) in [6, 6.07) is 3.28. The Morgan fingerprint density at radius 2 is 1.68 bits per heavy atom. The van der Waals surface area contributed by atoms with Gasteiger partial charge in [0.15, 0.2) is 0 Å². The number of aryl methyl sites for hydroxylation is 2. The first-order valence-corrected chi connectivity index (χ1v) is 15.2. The van der Waals surface area contributed by atoms with E-state index in [1.807, 2.05) is 0 Å². The largest absolute Gasteiger partial charge is 0.461 e. The Hall–Kier alpha value is -3.03. The van der Waals surface area contributed by atoms with Crippen molar-refractivity contribution in [1.29, 1.82) is 0 Å². The third-order valence-corrected chi connectivity index (χ3v) is 9.90. The summed E-state index contributed by atoms with van der Waals surface area (Å²) >= 11 is 6.78. The number of aromatic nitrogens is 3. The number of anilines is 2. The molecule has 2 aromatic heterocycles. The number of hydrogen-bond donors (Lipinski definition) is 2. The molecule has 0 spiro atoms. The third-order valence-electron chi connectivity index (χ3n) is 9.60. The zero-order valence-electron chi connectivity index (χ0n) is 24.3. The summed E-state index contributed by atoms with van der Waals surface area (Å²) in [5.41, 5.74) is 4.51. The van der Waals surface area contributed by atoms with Crippen molar-refractivity contribution < 1.29 is 26.7 Å². The zero-order chi connectivity index (χ0) is 31.1. The Morgan fingerprint density at radius 1 is 1.02 bits per heavy atom. The van der Waals surface area contributed by atoms with Gasteiger partial charge in [0.25, 0.3) is 0 Å². The molecule has 0 amide bonds. The van der Waals surface area contributed by atoms with Crippen LogP contribution >= 0.6 is 11.6 Å². The molecular weight excluding hydrogens is 605 g/mol. The van der Waals surface area contributed by atoms with Crippen LogP contribution < -0.4 is 20.7 Å². The number of nitrogens with one attached hydrogen (secondary N) is 1. The maximum Gasteiger partial charge on any atom is 0.418 e. The average Bonchev–Trinajstić information content (AvgIpc) is 3.52. The summed E-state index contributed by atoms with van der Waals surface area (Å²) in [5.74, 6) is 0.477. The Kier molecular flexibility index (Phi) is 7.09. The SMILES string of the molecule is Cc1cc(N)nc(-c2c(Cl)cc3c(N4CC5CCC(C4)N5)nc(OCC45CC(F)CN4C[C@H](F)C5)nc3c2C)c1C(F)(F)F. The van der Waals surface area contributed by atoms with E-state index in [2.05, 4.69) is 20.2 Å². The highest BCUT2D eigenvalue weighted by Gasteiger charge is 2.53. The molecule has 4 aliphatic heterocycles. The Bertz CT molecular complexity index is 1610. The number of piperazine rings is 1. The standard InChI is InChI=1S/C30H33ClF5N7O/c1-14-5-22(37)39-26(24(14)30(34,35)36)23-15(2)25-20(6-21(23)31)27(42-11-18-3-4-19(12-42)38-18)41-28(40-25)44-13-29-7-16(32)9-43(29)10-17(33)8-29/h5-6,16-19,38H,3-4,7-13H2,1-2H3,(H2,37,39)/t16-,17?,18?,19?,29?/m1/s1. The molecule has 4 saturated heterocycles. The van der Waals surface area contributed by atoms with Crippen molar-refractivity contribution >= 4 is 34.1 Å². The van der Waals surface area contributed by atoms with Crippen LogP contribution in [0.4, 0.5) is 33.6 Å². The number of fused-ring (bicyclic) bond motifs is 4. The number of nitrogen functional groups attached to an aromatic ring is 1. The number of pyridine rings is 1. The van der Waals surface area contributed by atoms with Crippen molar-refractivity contribution in [3.8, 4) is 17.3 Å². The lowest BCUT2D eigenvalue weighted by molar-refractivity contribution is -0.137. The van der Waals surface area contributed by atoms with E-state index < -0.39 is 29.6 Å². The number of ether oxygens (including phenoxy) is 1. The number of nitrogens with two attached hydrogens (primary N) is 1. The highest BCUT2D eigenvalue weighted by Crippen LogP contribution is 2.46. The van der Waals surface area contributed by atoms with Gasteiger partial charge < -0.3 is 20.7 Å². The minimum absolute atomic E-state index is 0.0125.